The van der Waals surface area contributed by atoms with Crippen LogP contribution in [0.5, 0.6) is 0 Å². The fourth-order valence-corrected chi connectivity index (χ4v) is 3.34. The first-order chi connectivity index (χ1) is 12.1. The molecule has 0 aliphatic carbocycles. The molecule has 8 nitrogen and oxygen atoms in total. The lowest BCUT2D eigenvalue weighted by Crippen LogP contribution is -2.23. The molecule has 0 radical (unpaired) electrons. The Morgan fingerprint density at radius 2 is 2.20 bits per heavy atom. The molecule has 0 fully saturated rings. The maximum atomic E-state index is 12.3. The van der Waals surface area contributed by atoms with Crippen LogP contribution in [0.25, 0.3) is 17.1 Å². The van der Waals surface area contributed by atoms with Gasteiger partial charge in [-0.3, -0.25) is 9.20 Å². The average molecular weight is 354 g/mol. The van der Waals surface area contributed by atoms with E-state index in [4.69, 9.17) is 4.52 Å². The predicted molar refractivity (Wildman–Crippen MR) is 91.2 cm³/mol. The van der Waals surface area contributed by atoms with Gasteiger partial charge in [0.15, 0.2) is 17.3 Å². The summed E-state index contributed by atoms with van der Waals surface area (Å²) in [6.07, 6.45) is 1.83. The van der Waals surface area contributed by atoms with Crippen molar-refractivity contribution in [2.75, 3.05) is 0 Å². The molecular weight excluding hydrogens is 340 g/mol. The molecule has 0 spiro atoms. The third-order valence-electron chi connectivity index (χ3n) is 3.74. The number of carbonyl (C=O) groups is 1. The normalized spacial score (nSPS) is 11.1. The van der Waals surface area contributed by atoms with Crippen molar-refractivity contribution in [1.82, 2.24) is 30.1 Å². The summed E-state index contributed by atoms with van der Waals surface area (Å²) in [4.78, 5) is 17.2. The monoisotopic (exact) mass is 354 g/mol. The van der Waals surface area contributed by atoms with Crippen LogP contribution in [-0.2, 0) is 6.54 Å². The van der Waals surface area contributed by atoms with Gasteiger partial charge in [0.1, 0.15) is 0 Å². The Morgan fingerprint density at radius 3 is 2.92 bits per heavy atom. The van der Waals surface area contributed by atoms with E-state index in [1.807, 2.05) is 36.7 Å². The molecular formula is C16H14N6O2S. The van der Waals surface area contributed by atoms with Gasteiger partial charge in [0.2, 0.25) is 0 Å². The number of rotatable bonds is 4. The molecule has 1 N–H and O–H groups in total. The number of hydrogen-bond acceptors (Lipinski definition) is 7. The molecule has 0 aliphatic heterocycles. The maximum Gasteiger partial charge on any atom is 0.261 e. The summed E-state index contributed by atoms with van der Waals surface area (Å²) in [5.41, 5.74) is 2.26. The van der Waals surface area contributed by atoms with Gasteiger partial charge in [-0.25, -0.2) is 0 Å². The molecule has 126 valence electrons. The van der Waals surface area contributed by atoms with E-state index in [1.165, 1.54) is 11.3 Å². The van der Waals surface area contributed by atoms with Crippen LogP contribution < -0.4 is 5.32 Å². The minimum Gasteiger partial charge on any atom is -0.344 e. The summed E-state index contributed by atoms with van der Waals surface area (Å²) >= 11 is 1.42. The molecule has 0 saturated heterocycles. The summed E-state index contributed by atoms with van der Waals surface area (Å²) in [6.45, 7) is 3.94. The Labute approximate surface area is 146 Å². The first kappa shape index (κ1) is 15.5. The van der Waals surface area contributed by atoms with E-state index in [0.29, 0.717) is 33.6 Å². The summed E-state index contributed by atoms with van der Waals surface area (Å²) in [5, 5.41) is 17.0. The molecule has 0 bridgehead atoms. The van der Waals surface area contributed by atoms with Gasteiger partial charge in [0.25, 0.3) is 11.8 Å². The van der Waals surface area contributed by atoms with Crippen molar-refractivity contribution in [3.8, 4) is 11.5 Å². The summed E-state index contributed by atoms with van der Waals surface area (Å²) in [5.74, 6) is 1.44. The lowest BCUT2D eigenvalue weighted by Gasteiger charge is -2.04. The molecule has 0 aromatic carbocycles. The highest BCUT2D eigenvalue weighted by Crippen LogP contribution is 2.22. The van der Waals surface area contributed by atoms with Gasteiger partial charge >= 0.3 is 0 Å². The standard InChI is InChI=1S/C16H14N6O2S/c1-9-5-7-25-13(9)15(23)17-8-12-19-20-14-11(4-3-6-22(12)14)16-18-10(2)21-24-16/h3-7H,8H2,1-2H3,(H,17,23). The van der Waals surface area contributed by atoms with E-state index in [1.54, 1.807) is 11.3 Å². The fourth-order valence-electron chi connectivity index (χ4n) is 2.50. The Bertz CT molecular complexity index is 1060. The number of carbonyl (C=O) groups excluding carboxylic acids is 1. The van der Waals surface area contributed by atoms with Crippen molar-refractivity contribution in [1.29, 1.82) is 0 Å². The van der Waals surface area contributed by atoms with Crippen molar-refractivity contribution < 1.29 is 9.32 Å². The van der Waals surface area contributed by atoms with Gasteiger partial charge in [0.05, 0.1) is 17.0 Å². The highest BCUT2D eigenvalue weighted by Gasteiger charge is 2.16. The number of pyridine rings is 1. The first-order valence-corrected chi connectivity index (χ1v) is 8.47. The van der Waals surface area contributed by atoms with Crippen LogP contribution in [0, 0.1) is 13.8 Å². The molecule has 0 unspecified atom stereocenters. The second kappa shape index (κ2) is 6.10. The second-order valence-electron chi connectivity index (χ2n) is 5.49. The zero-order valence-electron chi connectivity index (χ0n) is 13.6. The number of amides is 1. The number of aromatic nitrogens is 5. The molecule has 4 aromatic heterocycles. The Hall–Kier alpha value is -3.07. The number of nitrogens with zero attached hydrogens (tertiary/aromatic N) is 5. The fraction of sp³-hybridized carbons (Fsp3) is 0.188. The second-order valence-corrected chi connectivity index (χ2v) is 6.41. The quantitative estimate of drug-likeness (QED) is 0.604. The topological polar surface area (TPSA) is 98.2 Å². The average Bonchev–Trinajstić information content (AvgIpc) is 3.32. The van der Waals surface area contributed by atoms with Crippen molar-refractivity contribution in [3.05, 3.63) is 51.9 Å². The zero-order valence-corrected chi connectivity index (χ0v) is 14.4. The van der Waals surface area contributed by atoms with Gasteiger partial charge in [0, 0.05) is 6.20 Å². The minimum atomic E-state index is -0.118. The number of thiophene rings is 1. The van der Waals surface area contributed by atoms with Gasteiger partial charge in [-0.15, -0.1) is 21.5 Å². The van der Waals surface area contributed by atoms with Crippen LogP contribution in [-0.4, -0.2) is 30.6 Å². The van der Waals surface area contributed by atoms with Crippen molar-refractivity contribution in [2.24, 2.45) is 0 Å². The molecule has 0 aliphatic rings. The number of hydrogen-bond donors (Lipinski definition) is 1. The van der Waals surface area contributed by atoms with Crippen LogP contribution >= 0.6 is 11.3 Å². The lowest BCUT2D eigenvalue weighted by molar-refractivity contribution is 0.0953. The lowest BCUT2D eigenvalue weighted by atomic mass is 10.2. The molecule has 4 aromatic rings. The van der Waals surface area contributed by atoms with Crippen molar-refractivity contribution in [2.45, 2.75) is 20.4 Å². The smallest absolute Gasteiger partial charge is 0.261 e. The summed E-state index contributed by atoms with van der Waals surface area (Å²) in [7, 11) is 0. The van der Waals surface area contributed by atoms with Crippen LogP contribution in [0.4, 0.5) is 0 Å². The molecule has 25 heavy (non-hydrogen) atoms. The zero-order chi connectivity index (χ0) is 17.4. The van der Waals surface area contributed by atoms with Gasteiger partial charge < -0.3 is 9.84 Å². The summed E-state index contributed by atoms with van der Waals surface area (Å²) < 4.78 is 7.02. The molecule has 0 saturated carbocycles. The predicted octanol–water partition coefficient (Wildman–Crippen LogP) is 2.39. The Morgan fingerprint density at radius 1 is 1.32 bits per heavy atom. The van der Waals surface area contributed by atoms with Gasteiger partial charge in [-0.2, -0.15) is 4.98 Å². The maximum absolute atomic E-state index is 12.3. The molecule has 1 amide bonds. The Balaban J connectivity index is 1.61. The number of nitrogens with one attached hydrogen (secondary N) is 1. The van der Waals surface area contributed by atoms with Crippen LogP contribution in [0.2, 0.25) is 0 Å². The number of fused-ring (bicyclic) bond motifs is 1. The highest BCUT2D eigenvalue weighted by atomic mass is 32.1. The van der Waals surface area contributed by atoms with Crippen molar-refractivity contribution in [3.63, 3.8) is 0 Å². The molecule has 9 heteroatoms. The minimum absolute atomic E-state index is 0.118. The molecule has 0 atom stereocenters. The molecule has 4 heterocycles. The van der Waals surface area contributed by atoms with E-state index in [0.717, 1.165) is 5.56 Å². The first-order valence-electron chi connectivity index (χ1n) is 7.59. The Kier molecular flexibility index (Phi) is 3.77. The van der Waals surface area contributed by atoms with Gasteiger partial charge in [-0.05, 0) is 43.0 Å². The van der Waals surface area contributed by atoms with Gasteiger partial charge in [-0.1, -0.05) is 5.16 Å². The van der Waals surface area contributed by atoms with Crippen LogP contribution in [0.15, 0.2) is 34.3 Å². The van der Waals surface area contributed by atoms with Crippen molar-refractivity contribution >= 4 is 22.9 Å². The SMILES string of the molecule is Cc1noc(-c2cccn3c(CNC(=O)c4sccc4C)nnc23)n1. The van der Waals surface area contributed by atoms with Crippen LogP contribution in [0.3, 0.4) is 0 Å². The van der Waals surface area contributed by atoms with E-state index >= 15 is 0 Å². The third-order valence-corrected chi connectivity index (χ3v) is 4.75. The van der Waals surface area contributed by atoms with E-state index in [-0.39, 0.29) is 12.5 Å². The molecule has 4 rings (SSSR count). The van der Waals surface area contributed by atoms with E-state index in [9.17, 15) is 4.79 Å². The summed E-state index contributed by atoms with van der Waals surface area (Å²) in [6, 6.07) is 5.61. The highest BCUT2D eigenvalue weighted by molar-refractivity contribution is 7.12. The number of aryl methyl sites for hydroxylation is 2. The van der Waals surface area contributed by atoms with Crippen LogP contribution in [0.1, 0.15) is 26.9 Å². The largest absolute Gasteiger partial charge is 0.344 e. The third kappa shape index (κ3) is 2.78. The van der Waals surface area contributed by atoms with E-state index < -0.39 is 0 Å². The van der Waals surface area contributed by atoms with E-state index in [2.05, 4.69) is 25.7 Å².